The summed E-state index contributed by atoms with van der Waals surface area (Å²) in [4.78, 5) is 22.4. The molecule has 18 heavy (non-hydrogen) atoms. The topological polar surface area (TPSA) is 110 Å². The molecule has 0 aromatic heterocycles. The van der Waals surface area contributed by atoms with Crippen LogP contribution in [0.1, 0.15) is 34.1 Å². The van der Waals surface area contributed by atoms with Crippen molar-refractivity contribution in [3.8, 4) is 0 Å². The van der Waals surface area contributed by atoms with Gasteiger partial charge in [0.15, 0.2) is 0 Å². The molecule has 3 amide bonds. The van der Waals surface area contributed by atoms with E-state index in [1.807, 2.05) is 6.92 Å². The van der Waals surface area contributed by atoms with Crippen LogP contribution in [0.3, 0.4) is 0 Å². The van der Waals surface area contributed by atoms with E-state index in [1.54, 1.807) is 6.92 Å². The Hall–Kier alpha value is -1.01. The maximum atomic E-state index is 11.8. The zero-order valence-corrected chi connectivity index (χ0v) is 12.3. The van der Waals surface area contributed by atoms with Gasteiger partial charge in [-0.2, -0.15) is 0 Å². The normalized spacial score (nSPS) is 15.2. The van der Waals surface area contributed by atoms with Crippen LogP contribution in [0.15, 0.2) is 0 Å². The van der Waals surface area contributed by atoms with Crippen molar-refractivity contribution in [1.82, 2.24) is 10.6 Å². The Morgan fingerprint density at radius 3 is 2.11 bits per heavy atom. The molecular weight excluding hydrogens is 256 g/mol. The van der Waals surface area contributed by atoms with E-state index < -0.39 is 17.6 Å². The van der Waals surface area contributed by atoms with Crippen LogP contribution in [-0.4, -0.2) is 30.1 Å². The summed E-state index contributed by atoms with van der Waals surface area (Å²) in [6.07, 6.45) is 0.776. The van der Waals surface area contributed by atoms with Gasteiger partial charge in [0.2, 0.25) is 5.91 Å². The molecule has 0 spiro atoms. The van der Waals surface area contributed by atoms with Crippen molar-refractivity contribution in [1.29, 1.82) is 0 Å². The number of urea groups is 1. The Kier molecular flexibility index (Phi) is 8.76. The first-order valence-corrected chi connectivity index (χ1v) is 5.78. The Morgan fingerprint density at radius 2 is 1.78 bits per heavy atom. The summed E-state index contributed by atoms with van der Waals surface area (Å²) in [5.74, 6) is 0.139. The van der Waals surface area contributed by atoms with E-state index >= 15 is 0 Å². The second kappa shape index (κ2) is 8.16. The lowest BCUT2D eigenvalue weighted by atomic mass is 9.90. The van der Waals surface area contributed by atoms with Gasteiger partial charge in [-0.1, -0.05) is 13.8 Å². The van der Waals surface area contributed by atoms with Gasteiger partial charge >= 0.3 is 6.03 Å². The van der Waals surface area contributed by atoms with Gasteiger partial charge in [-0.25, -0.2) is 4.79 Å². The van der Waals surface area contributed by atoms with E-state index in [9.17, 15) is 9.59 Å². The van der Waals surface area contributed by atoms with Gasteiger partial charge < -0.3 is 22.1 Å². The molecule has 0 aliphatic carbocycles. The van der Waals surface area contributed by atoms with Crippen molar-refractivity contribution in [3.05, 3.63) is 0 Å². The third-order valence-corrected chi connectivity index (χ3v) is 2.49. The highest BCUT2D eigenvalue weighted by molar-refractivity contribution is 5.86. The fourth-order valence-electron chi connectivity index (χ4n) is 1.77. The Balaban J connectivity index is 0. The predicted octanol–water partition coefficient (Wildman–Crippen LogP) is 0.345. The molecule has 0 aliphatic heterocycles. The fourth-order valence-corrected chi connectivity index (χ4v) is 1.77. The van der Waals surface area contributed by atoms with Gasteiger partial charge in [-0.3, -0.25) is 4.79 Å². The molecule has 0 fully saturated rings. The van der Waals surface area contributed by atoms with E-state index in [0.717, 1.165) is 6.42 Å². The highest BCUT2D eigenvalue weighted by atomic mass is 35.5. The molecular formula is C11H25ClN4O2. The number of carbonyl (C=O) groups is 2. The summed E-state index contributed by atoms with van der Waals surface area (Å²) in [5.41, 5.74) is 10.2. The largest absolute Gasteiger partial charge is 0.352 e. The minimum atomic E-state index is -0.717. The molecule has 0 rings (SSSR count). The lowest BCUT2D eigenvalue weighted by molar-refractivity contribution is -0.124. The van der Waals surface area contributed by atoms with E-state index in [2.05, 4.69) is 24.5 Å². The van der Waals surface area contributed by atoms with Crippen LogP contribution in [-0.2, 0) is 4.79 Å². The number of nitrogens with one attached hydrogen (secondary N) is 2. The molecule has 0 aromatic rings. The summed E-state index contributed by atoms with van der Waals surface area (Å²) >= 11 is 0. The molecule has 0 radical (unpaired) electrons. The predicted molar refractivity (Wildman–Crippen MR) is 74.5 cm³/mol. The van der Waals surface area contributed by atoms with Gasteiger partial charge in [0.1, 0.15) is 6.04 Å². The van der Waals surface area contributed by atoms with Crippen LogP contribution in [0.2, 0.25) is 0 Å². The van der Waals surface area contributed by atoms with E-state index in [0.29, 0.717) is 12.5 Å². The fraction of sp³-hybridized carbons (Fsp3) is 0.818. The molecule has 6 nitrogen and oxygen atoms in total. The monoisotopic (exact) mass is 280 g/mol. The average Bonchev–Trinajstić information content (AvgIpc) is 2.15. The second-order valence-electron chi connectivity index (χ2n) is 5.08. The summed E-state index contributed by atoms with van der Waals surface area (Å²) in [5, 5.41) is 5.17. The number of rotatable bonds is 6. The number of carbonyl (C=O) groups excluding carboxylic acids is 2. The van der Waals surface area contributed by atoms with Gasteiger partial charge in [-0.05, 0) is 26.2 Å². The summed E-state index contributed by atoms with van der Waals surface area (Å²) in [6, 6.07) is -1.38. The summed E-state index contributed by atoms with van der Waals surface area (Å²) in [7, 11) is 0. The third-order valence-electron chi connectivity index (χ3n) is 2.49. The molecule has 6 N–H and O–H groups in total. The molecule has 2 unspecified atom stereocenters. The SMILES string of the molecule is CC(C)CC(C)(CN)NC(=O)C(C)NC(N)=O.Cl. The molecule has 0 saturated carbocycles. The first-order valence-electron chi connectivity index (χ1n) is 5.78. The van der Waals surface area contributed by atoms with Crippen LogP contribution in [0, 0.1) is 5.92 Å². The number of amides is 3. The smallest absolute Gasteiger partial charge is 0.312 e. The molecule has 0 saturated heterocycles. The van der Waals surface area contributed by atoms with Crippen LogP contribution in [0.5, 0.6) is 0 Å². The van der Waals surface area contributed by atoms with Crippen molar-refractivity contribution < 1.29 is 9.59 Å². The van der Waals surface area contributed by atoms with Crippen molar-refractivity contribution in [2.75, 3.05) is 6.54 Å². The average molecular weight is 281 g/mol. The first-order chi connectivity index (χ1) is 7.70. The van der Waals surface area contributed by atoms with Crippen molar-refractivity contribution in [2.45, 2.75) is 45.7 Å². The van der Waals surface area contributed by atoms with Gasteiger partial charge in [0.05, 0.1) is 0 Å². The molecule has 0 heterocycles. The minimum absolute atomic E-state index is 0. The Morgan fingerprint density at radius 1 is 1.28 bits per heavy atom. The molecule has 7 heteroatoms. The lowest BCUT2D eigenvalue weighted by Crippen LogP contribution is -2.57. The number of hydrogen-bond acceptors (Lipinski definition) is 3. The number of primary amides is 1. The highest BCUT2D eigenvalue weighted by Crippen LogP contribution is 2.15. The molecule has 108 valence electrons. The van der Waals surface area contributed by atoms with Crippen LogP contribution in [0.4, 0.5) is 4.79 Å². The molecule has 0 aromatic carbocycles. The van der Waals surface area contributed by atoms with Gasteiger partial charge in [-0.15, -0.1) is 12.4 Å². The molecule has 2 atom stereocenters. The quantitative estimate of drug-likeness (QED) is 0.563. The van der Waals surface area contributed by atoms with Crippen molar-refractivity contribution in [2.24, 2.45) is 17.4 Å². The highest BCUT2D eigenvalue weighted by Gasteiger charge is 2.28. The van der Waals surface area contributed by atoms with Gasteiger partial charge in [0, 0.05) is 12.1 Å². The van der Waals surface area contributed by atoms with Crippen molar-refractivity contribution >= 4 is 24.3 Å². The zero-order chi connectivity index (χ0) is 13.6. The standard InChI is InChI=1S/C11H24N4O2.ClH/c1-7(2)5-11(4,6-12)15-9(16)8(3)14-10(13)17;/h7-8H,5-6,12H2,1-4H3,(H,15,16)(H3,13,14,17);1H. The van der Waals surface area contributed by atoms with Gasteiger partial charge in [0.25, 0.3) is 0 Å². The van der Waals surface area contributed by atoms with Crippen molar-refractivity contribution in [3.63, 3.8) is 0 Å². The maximum Gasteiger partial charge on any atom is 0.312 e. The number of hydrogen-bond donors (Lipinski definition) is 4. The summed E-state index contributed by atoms with van der Waals surface area (Å²) < 4.78 is 0. The van der Waals surface area contributed by atoms with E-state index in [4.69, 9.17) is 11.5 Å². The van der Waals surface area contributed by atoms with E-state index in [-0.39, 0.29) is 18.3 Å². The zero-order valence-electron chi connectivity index (χ0n) is 11.4. The van der Waals surface area contributed by atoms with E-state index in [1.165, 1.54) is 0 Å². The summed E-state index contributed by atoms with van der Waals surface area (Å²) in [6.45, 7) is 7.94. The van der Waals surface area contributed by atoms with Crippen LogP contribution < -0.4 is 22.1 Å². The van der Waals surface area contributed by atoms with Crippen LogP contribution >= 0.6 is 12.4 Å². The lowest BCUT2D eigenvalue weighted by Gasteiger charge is -2.32. The Bertz CT molecular complexity index is 286. The number of halogens is 1. The van der Waals surface area contributed by atoms with Crippen LogP contribution in [0.25, 0.3) is 0 Å². The maximum absolute atomic E-state index is 11.8. The molecule has 0 bridgehead atoms. The second-order valence-corrected chi connectivity index (χ2v) is 5.08. The third kappa shape index (κ3) is 7.34. The first kappa shape index (κ1) is 19.3. The Labute approximate surface area is 115 Å². The number of nitrogens with two attached hydrogens (primary N) is 2. The minimum Gasteiger partial charge on any atom is -0.352 e. The molecule has 0 aliphatic rings.